The van der Waals surface area contributed by atoms with Crippen molar-refractivity contribution in [2.24, 2.45) is 0 Å². The molecular weight excluding hydrogens is 258 g/mol. The first kappa shape index (κ1) is 14.1. The molecule has 0 aliphatic heterocycles. The van der Waals surface area contributed by atoms with Crippen molar-refractivity contribution < 1.29 is 0 Å². The van der Waals surface area contributed by atoms with Crippen LogP contribution in [0.15, 0.2) is 30.9 Å². The lowest BCUT2D eigenvalue weighted by Crippen LogP contribution is -2.19. The average molecular weight is 278 g/mol. The lowest BCUT2D eigenvalue weighted by Gasteiger charge is -2.07. The first-order valence-electron chi connectivity index (χ1n) is 6.72. The summed E-state index contributed by atoms with van der Waals surface area (Å²) in [4.78, 5) is 4.68. The van der Waals surface area contributed by atoms with Crippen molar-refractivity contribution in [1.29, 1.82) is 0 Å². The molecule has 0 saturated carbocycles. The van der Waals surface area contributed by atoms with E-state index in [0.29, 0.717) is 0 Å². The van der Waals surface area contributed by atoms with Gasteiger partial charge in [-0.25, -0.2) is 4.98 Å². The fourth-order valence-corrected chi connectivity index (χ4v) is 2.34. The molecule has 2 rings (SSSR count). The van der Waals surface area contributed by atoms with Crippen molar-refractivity contribution in [3.05, 3.63) is 41.7 Å². The molecule has 0 aliphatic carbocycles. The number of benzene rings is 1. The number of nitrogens with zero attached hydrogens (tertiary/aromatic N) is 2. The minimum absolute atomic E-state index is 0.728. The fourth-order valence-electron chi connectivity index (χ4n) is 2.18. The molecule has 0 amide bonds. The first-order chi connectivity index (χ1) is 9.26. The van der Waals surface area contributed by atoms with Crippen molar-refractivity contribution in [2.45, 2.75) is 26.3 Å². The highest BCUT2D eigenvalue weighted by atomic mass is 35.5. The van der Waals surface area contributed by atoms with E-state index in [9.17, 15) is 0 Å². The molecule has 1 aromatic carbocycles. The van der Waals surface area contributed by atoms with Crippen molar-refractivity contribution in [3.8, 4) is 0 Å². The van der Waals surface area contributed by atoms with Gasteiger partial charge in [-0.15, -0.1) is 6.58 Å². The number of nitrogens with one attached hydrogen (secondary N) is 1. The summed E-state index contributed by atoms with van der Waals surface area (Å²) in [5, 5.41) is 4.13. The third-order valence-corrected chi connectivity index (χ3v) is 3.29. The molecule has 0 spiro atoms. The van der Waals surface area contributed by atoms with Crippen LogP contribution in [0.2, 0.25) is 5.02 Å². The number of imidazole rings is 1. The van der Waals surface area contributed by atoms with Gasteiger partial charge < -0.3 is 9.88 Å². The summed E-state index contributed by atoms with van der Waals surface area (Å²) in [6.07, 6.45) is 3.97. The van der Waals surface area contributed by atoms with Crippen LogP contribution in [0.25, 0.3) is 11.0 Å². The minimum Gasteiger partial charge on any atom is -0.324 e. The van der Waals surface area contributed by atoms with Crippen LogP contribution in [0.1, 0.15) is 19.2 Å². The quantitative estimate of drug-likeness (QED) is 0.621. The van der Waals surface area contributed by atoms with Crippen LogP contribution in [0.4, 0.5) is 0 Å². The van der Waals surface area contributed by atoms with E-state index in [1.54, 1.807) is 0 Å². The predicted molar refractivity (Wildman–Crippen MR) is 81.8 cm³/mol. The summed E-state index contributed by atoms with van der Waals surface area (Å²) in [5.41, 5.74) is 2.08. The van der Waals surface area contributed by atoms with Crippen LogP contribution in [0, 0.1) is 0 Å². The molecule has 1 aromatic heterocycles. The van der Waals surface area contributed by atoms with Gasteiger partial charge in [0.25, 0.3) is 0 Å². The van der Waals surface area contributed by atoms with E-state index in [1.165, 1.54) is 0 Å². The molecule has 0 unspecified atom stereocenters. The van der Waals surface area contributed by atoms with Crippen molar-refractivity contribution in [2.75, 3.05) is 13.1 Å². The molecule has 1 heterocycles. The SMILES string of the molecule is C=CCn1c(CCNCCC)nc2cc(Cl)ccc21. The standard InChI is InChI=1S/C15H20ClN3/c1-3-8-17-9-7-15-18-13-11-12(16)5-6-14(13)19(15)10-4-2/h4-6,11,17H,2-3,7-10H2,1H3. The summed E-state index contributed by atoms with van der Waals surface area (Å²) in [6, 6.07) is 5.85. The third kappa shape index (κ3) is 3.37. The normalized spacial score (nSPS) is 11.1. The minimum atomic E-state index is 0.728. The molecular formula is C15H20ClN3. The molecule has 0 bridgehead atoms. The Morgan fingerprint density at radius 1 is 1.42 bits per heavy atom. The van der Waals surface area contributed by atoms with E-state index >= 15 is 0 Å². The number of halogens is 1. The van der Waals surface area contributed by atoms with Gasteiger partial charge in [0.15, 0.2) is 0 Å². The molecule has 0 aliphatic rings. The maximum atomic E-state index is 6.02. The maximum absolute atomic E-state index is 6.02. The van der Waals surface area contributed by atoms with Crippen molar-refractivity contribution in [3.63, 3.8) is 0 Å². The van der Waals surface area contributed by atoms with Gasteiger partial charge in [0, 0.05) is 24.5 Å². The van der Waals surface area contributed by atoms with Crippen molar-refractivity contribution in [1.82, 2.24) is 14.9 Å². The zero-order valence-electron chi connectivity index (χ0n) is 11.3. The van der Waals surface area contributed by atoms with E-state index in [0.717, 1.165) is 54.4 Å². The number of hydrogen-bond donors (Lipinski definition) is 1. The van der Waals surface area contributed by atoms with E-state index in [1.807, 2.05) is 24.3 Å². The number of fused-ring (bicyclic) bond motifs is 1. The molecule has 3 nitrogen and oxygen atoms in total. The second-order valence-corrected chi connectivity index (χ2v) is 5.00. The van der Waals surface area contributed by atoms with Crippen LogP contribution in [-0.2, 0) is 13.0 Å². The summed E-state index contributed by atoms with van der Waals surface area (Å²) in [6.45, 7) is 8.76. The number of aromatic nitrogens is 2. The average Bonchev–Trinajstić information content (AvgIpc) is 2.73. The van der Waals surface area contributed by atoms with E-state index < -0.39 is 0 Å². The fraction of sp³-hybridized carbons (Fsp3) is 0.400. The summed E-state index contributed by atoms with van der Waals surface area (Å²) < 4.78 is 2.20. The summed E-state index contributed by atoms with van der Waals surface area (Å²) in [7, 11) is 0. The van der Waals surface area contributed by atoms with Crippen LogP contribution >= 0.6 is 11.6 Å². The van der Waals surface area contributed by atoms with Crippen LogP contribution in [0.5, 0.6) is 0 Å². The summed E-state index contributed by atoms with van der Waals surface area (Å²) >= 11 is 6.02. The zero-order valence-corrected chi connectivity index (χ0v) is 12.1. The number of rotatable bonds is 7. The van der Waals surface area contributed by atoms with E-state index in [2.05, 4.69) is 28.4 Å². The molecule has 4 heteroatoms. The lowest BCUT2D eigenvalue weighted by atomic mass is 10.3. The Hall–Kier alpha value is -1.32. The molecule has 0 saturated heterocycles. The monoisotopic (exact) mass is 277 g/mol. The molecule has 1 N–H and O–H groups in total. The van der Waals surface area contributed by atoms with Gasteiger partial charge >= 0.3 is 0 Å². The Balaban J connectivity index is 2.25. The van der Waals surface area contributed by atoms with Crippen molar-refractivity contribution >= 4 is 22.6 Å². The topological polar surface area (TPSA) is 29.9 Å². The highest BCUT2D eigenvalue weighted by Gasteiger charge is 2.09. The Kier molecular flexibility index (Phi) is 5.00. The van der Waals surface area contributed by atoms with Gasteiger partial charge in [-0.05, 0) is 31.2 Å². The smallest absolute Gasteiger partial charge is 0.111 e. The molecule has 2 aromatic rings. The van der Waals surface area contributed by atoms with Crippen LogP contribution in [0.3, 0.4) is 0 Å². The van der Waals surface area contributed by atoms with Gasteiger partial charge in [-0.1, -0.05) is 24.6 Å². The van der Waals surface area contributed by atoms with E-state index in [4.69, 9.17) is 11.6 Å². The highest BCUT2D eigenvalue weighted by molar-refractivity contribution is 6.31. The molecule has 0 atom stereocenters. The van der Waals surface area contributed by atoms with Gasteiger partial charge in [0.1, 0.15) is 5.82 Å². The highest BCUT2D eigenvalue weighted by Crippen LogP contribution is 2.20. The van der Waals surface area contributed by atoms with Gasteiger partial charge in [0.05, 0.1) is 11.0 Å². The van der Waals surface area contributed by atoms with Gasteiger partial charge in [-0.2, -0.15) is 0 Å². The number of allylic oxidation sites excluding steroid dienone is 1. The largest absolute Gasteiger partial charge is 0.324 e. The second kappa shape index (κ2) is 6.73. The Bertz CT molecular complexity index is 560. The maximum Gasteiger partial charge on any atom is 0.111 e. The first-order valence-corrected chi connectivity index (χ1v) is 7.10. The summed E-state index contributed by atoms with van der Waals surface area (Å²) in [5.74, 6) is 1.08. The van der Waals surface area contributed by atoms with Gasteiger partial charge in [-0.3, -0.25) is 0 Å². The third-order valence-electron chi connectivity index (χ3n) is 3.05. The van der Waals surface area contributed by atoms with Crippen LogP contribution in [-0.4, -0.2) is 22.6 Å². The predicted octanol–water partition coefficient (Wildman–Crippen LogP) is 3.42. The molecule has 102 valence electrons. The Labute approximate surface area is 119 Å². The zero-order chi connectivity index (χ0) is 13.7. The molecule has 19 heavy (non-hydrogen) atoms. The number of hydrogen-bond acceptors (Lipinski definition) is 2. The molecule has 0 fully saturated rings. The lowest BCUT2D eigenvalue weighted by molar-refractivity contribution is 0.641. The van der Waals surface area contributed by atoms with E-state index in [-0.39, 0.29) is 0 Å². The Morgan fingerprint density at radius 2 is 2.26 bits per heavy atom. The molecule has 0 radical (unpaired) electrons. The van der Waals surface area contributed by atoms with Crippen LogP contribution < -0.4 is 5.32 Å². The second-order valence-electron chi connectivity index (χ2n) is 4.56. The Morgan fingerprint density at radius 3 is 3.00 bits per heavy atom. The van der Waals surface area contributed by atoms with Gasteiger partial charge in [0.2, 0.25) is 0 Å².